The Bertz CT molecular complexity index is 458. The van der Waals surface area contributed by atoms with Gasteiger partial charge >= 0.3 is 0 Å². The van der Waals surface area contributed by atoms with Crippen molar-refractivity contribution in [2.45, 2.75) is 0 Å². The van der Waals surface area contributed by atoms with E-state index in [1.807, 2.05) is 0 Å². The van der Waals surface area contributed by atoms with E-state index in [1.165, 1.54) is 0 Å². The Balaban J connectivity index is 2.91. The van der Waals surface area contributed by atoms with Crippen LogP contribution in [0.15, 0.2) is 29.4 Å². The third-order valence-corrected chi connectivity index (χ3v) is 1.66. The largest absolute Gasteiger partial charge is 0.411 e. The number of amides is 1. The molecule has 0 bridgehead atoms. The standard InChI is InChI=1S/C11H10N2O3/c14-7-3-5-9-4-1-2-6-10(9)13-11(15)8-12-16/h1-2,4,6,8,14,16H,7H2,(H,13,15). The molecular formula is C11H10N2O3. The molecule has 0 heterocycles. The minimum Gasteiger partial charge on any atom is -0.411 e. The van der Waals surface area contributed by atoms with Crippen LogP contribution in [0.25, 0.3) is 0 Å². The Morgan fingerprint density at radius 2 is 2.25 bits per heavy atom. The normalized spacial score (nSPS) is 9.56. The van der Waals surface area contributed by atoms with E-state index in [4.69, 9.17) is 10.3 Å². The first-order chi connectivity index (χ1) is 7.77. The lowest BCUT2D eigenvalue weighted by atomic mass is 10.2. The molecule has 0 fully saturated rings. The van der Waals surface area contributed by atoms with Crippen LogP contribution in [0.2, 0.25) is 0 Å². The summed E-state index contributed by atoms with van der Waals surface area (Å²) in [5.74, 6) is 4.62. The molecule has 0 aliphatic carbocycles. The lowest BCUT2D eigenvalue weighted by Crippen LogP contribution is -2.13. The number of nitrogens with one attached hydrogen (secondary N) is 1. The van der Waals surface area contributed by atoms with Crippen LogP contribution in [0.5, 0.6) is 0 Å². The van der Waals surface area contributed by atoms with Gasteiger partial charge in [-0.2, -0.15) is 0 Å². The number of hydrogen-bond acceptors (Lipinski definition) is 4. The molecule has 1 amide bonds. The van der Waals surface area contributed by atoms with E-state index in [2.05, 4.69) is 22.3 Å². The van der Waals surface area contributed by atoms with E-state index >= 15 is 0 Å². The number of carbonyl (C=O) groups excluding carboxylic acids is 1. The molecule has 5 nitrogen and oxygen atoms in total. The van der Waals surface area contributed by atoms with Crippen molar-refractivity contribution in [2.75, 3.05) is 11.9 Å². The fraction of sp³-hybridized carbons (Fsp3) is 0.0909. The molecule has 0 aromatic heterocycles. The zero-order valence-corrected chi connectivity index (χ0v) is 8.34. The number of aliphatic hydroxyl groups is 1. The number of aliphatic hydroxyl groups excluding tert-OH is 1. The van der Waals surface area contributed by atoms with Crippen molar-refractivity contribution in [3.63, 3.8) is 0 Å². The zero-order valence-electron chi connectivity index (χ0n) is 8.34. The second-order valence-electron chi connectivity index (χ2n) is 2.74. The molecule has 0 radical (unpaired) electrons. The van der Waals surface area contributed by atoms with E-state index in [1.54, 1.807) is 24.3 Å². The van der Waals surface area contributed by atoms with E-state index < -0.39 is 5.91 Å². The summed E-state index contributed by atoms with van der Waals surface area (Å²) >= 11 is 0. The summed E-state index contributed by atoms with van der Waals surface area (Å²) in [7, 11) is 0. The van der Waals surface area contributed by atoms with Gasteiger partial charge in [0, 0.05) is 5.56 Å². The molecule has 82 valence electrons. The summed E-state index contributed by atoms with van der Waals surface area (Å²) in [5, 5.41) is 21.8. The summed E-state index contributed by atoms with van der Waals surface area (Å²) in [6, 6.07) is 6.85. The Morgan fingerprint density at radius 1 is 1.50 bits per heavy atom. The third kappa shape index (κ3) is 3.44. The first-order valence-corrected chi connectivity index (χ1v) is 4.45. The van der Waals surface area contributed by atoms with Gasteiger partial charge in [-0.05, 0) is 12.1 Å². The fourth-order valence-electron chi connectivity index (χ4n) is 1.05. The highest BCUT2D eigenvalue weighted by Crippen LogP contribution is 2.12. The van der Waals surface area contributed by atoms with Crippen molar-refractivity contribution in [1.29, 1.82) is 0 Å². The summed E-state index contributed by atoms with van der Waals surface area (Å²) in [4.78, 5) is 11.1. The molecule has 1 rings (SSSR count). The van der Waals surface area contributed by atoms with E-state index in [0.717, 1.165) is 6.21 Å². The highest BCUT2D eigenvalue weighted by Gasteiger charge is 2.02. The summed E-state index contributed by atoms with van der Waals surface area (Å²) in [5.41, 5.74) is 1.07. The predicted molar refractivity (Wildman–Crippen MR) is 59.3 cm³/mol. The van der Waals surface area contributed by atoms with Crippen molar-refractivity contribution in [3.05, 3.63) is 29.8 Å². The molecule has 0 saturated carbocycles. The highest BCUT2D eigenvalue weighted by molar-refractivity contribution is 6.31. The predicted octanol–water partition coefficient (Wildman–Crippen LogP) is 0.429. The average Bonchev–Trinajstić information content (AvgIpc) is 2.28. The van der Waals surface area contributed by atoms with E-state index in [0.29, 0.717) is 11.3 Å². The first kappa shape index (κ1) is 11.8. The van der Waals surface area contributed by atoms with Crippen molar-refractivity contribution < 1.29 is 15.1 Å². The number of anilines is 1. The number of benzene rings is 1. The molecule has 5 heteroatoms. The summed E-state index contributed by atoms with van der Waals surface area (Å²) < 4.78 is 0. The molecule has 0 aliphatic heterocycles. The van der Waals surface area contributed by atoms with E-state index in [9.17, 15) is 4.79 Å². The third-order valence-electron chi connectivity index (χ3n) is 1.66. The SMILES string of the molecule is O=C(C=NO)Nc1ccccc1C#CCO. The van der Waals surface area contributed by atoms with Crippen molar-refractivity contribution in [2.24, 2.45) is 5.16 Å². The molecule has 1 aromatic rings. The number of para-hydroxylation sites is 1. The minimum absolute atomic E-state index is 0.250. The lowest BCUT2D eigenvalue weighted by Gasteiger charge is -2.03. The van der Waals surface area contributed by atoms with Crippen LogP contribution in [-0.2, 0) is 4.79 Å². The molecule has 1 aromatic carbocycles. The van der Waals surface area contributed by atoms with Gasteiger partial charge in [-0.15, -0.1) is 0 Å². The van der Waals surface area contributed by atoms with Crippen molar-refractivity contribution in [3.8, 4) is 11.8 Å². The van der Waals surface area contributed by atoms with Gasteiger partial charge in [0.05, 0.1) is 5.69 Å². The Labute approximate surface area is 92.4 Å². The van der Waals surface area contributed by atoms with Crippen molar-refractivity contribution in [1.82, 2.24) is 0 Å². The number of hydrogen-bond donors (Lipinski definition) is 3. The monoisotopic (exact) mass is 218 g/mol. The molecule has 0 unspecified atom stereocenters. The van der Waals surface area contributed by atoms with Gasteiger partial charge in [-0.1, -0.05) is 29.1 Å². The van der Waals surface area contributed by atoms with Crippen molar-refractivity contribution >= 4 is 17.8 Å². The van der Waals surface area contributed by atoms with Crippen LogP contribution in [-0.4, -0.2) is 29.0 Å². The van der Waals surface area contributed by atoms with Gasteiger partial charge < -0.3 is 15.6 Å². The maximum atomic E-state index is 11.1. The summed E-state index contributed by atoms with van der Waals surface area (Å²) in [6.45, 7) is -0.250. The van der Waals surface area contributed by atoms with Gasteiger partial charge in [0.2, 0.25) is 0 Å². The van der Waals surface area contributed by atoms with Crippen LogP contribution in [0.1, 0.15) is 5.56 Å². The average molecular weight is 218 g/mol. The molecule has 0 saturated heterocycles. The van der Waals surface area contributed by atoms with Crippen LogP contribution in [0, 0.1) is 11.8 Å². The van der Waals surface area contributed by atoms with Gasteiger partial charge in [-0.3, -0.25) is 4.79 Å². The second-order valence-corrected chi connectivity index (χ2v) is 2.74. The quantitative estimate of drug-likeness (QED) is 0.291. The molecule has 0 aliphatic rings. The maximum absolute atomic E-state index is 11.1. The Hall–Kier alpha value is -2.32. The fourth-order valence-corrected chi connectivity index (χ4v) is 1.05. The summed E-state index contributed by atoms with van der Waals surface area (Å²) in [6.07, 6.45) is 0.746. The topological polar surface area (TPSA) is 81.9 Å². The zero-order chi connectivity index (χ0) is 11.8. The van der Waals surface area contributed by atoms with Crippen LogP contribution in [0.4, 0.5) is 5.69 Å². The van der Waals surface area contributed by atoms with E-state index in [-0.39, 0.29) is 6.61 Å². The highest BCUT2D eigenvalue weighted by atomic mass is 16.4. The van der Waals surface area contributed by atoms with Crippen LogP contribution < -0.4 is 5.32 Å². The van der Waals surface area contributed by atoms with Gasteiger partial charge in [-0.25, -0.2) is 0 Å². The molecule has 16 heavy (non-hydrogen) atoms. The maximum Gasteiger partial charge on any atom is 0.270 e. The van der Waals surface area contributed by atoms with Gasteiger partial charge in [0.15, 0.2) is 0 Å². The second kappa shape index (κ2) is 6.22. The first-order valence-electron chi connectivity index (χ1n) is 4.45. The molecule has 0 spiro atoms. The Morgan fingerprint density at radius 3 is 2.94 bits per heavy atom. The number of carbonyl (C=O) groups is 1. The van der Waals surface area contributed by atoms with Gasteiger partial charge in [0.25, 0.3) is 5.91 Å². The van der Waals surface area contributed by atoms with Gasteiger partial charge in [0.1, 0.15) is 12.8 Å². The smallest absolute Gasteiger partial charge is 0.270 e. The van der Waals surface area contributed by atoms with Crippen LogP contribution >= 0.6 is 0 Å². The molecular weight excluding hydrogens is 208 g/mol. The van der Waals surface area contributed by atoms with Crippen LogP contribution in [0.3, 0.4) is 0 Å². The number of nitrogens with zero attached hydrogens (tertiary/aromatic N) is 1. The lowest BCUT2D eigenvalue weighted by molar-refractivity contribution is -0.110. The number of oxime groups is 1. The minimum atomic E-state index is -0.555. The molecule has 3 N–H and O–H groups in total. The molecule has 0 atom stereocenters. The Kier molecular flexibility index (Phi) is 4.57. The number of rotatable bonds is 2.